The number of nitrogens with zero attached hydrogens (tertiary/aromatic N) is 3. The summed E-state index contributed by atoms with van der Waals surface area (Å²) in [7, 11) is 0. The van der Waals surface area contributed by atoms with E-state index in [4.69, 9.17) is 12.2 Å². The van der Waals surface area contributed by atoms with E-state index in [0.29, 0.717) is 16.2 Å². The van der Waals surface area contributed by atoms with Gasteiger partial charge in [0.25, 0.3) is 0 Å². The van der Waals surface area contributed by atoms with E-state index in [2.05, 4.69) is 15.3 Å². The molecule has 4 nitrogen and oxygen atoms in total. The van der Waals surface area contributed by atoms with Crippen molar-refractivity contribution < 1.29 is 4.39 Å². The van der Waals surface area contributed by atoms with Crippen molar-refractivity contribution >= 4 is 18.4 Å². The highest BCUT2D eigenvalue weighted by molar-refractivity contribution is 7.71. The van der Waals surface area contributed by atoms with Crippen molar-refractivity contribution in [3.05, 3.63) is 70.2 Å². The summed E-state index contributed by atoms with van der Waals surface area (Å²) in [5, 5.41) is 11.0. The third kappa shape index (κ3) is 2.87. The van der Waals surface area contributed by atoms with Crippen LogP contribution in [-0.2, 0) is 0 Å². The molecule has 1 heterocycles. The van der Waals surface area contributed by atoms with Crippen LogP contribution >= 0.6 is 12.2 Å². The van der Waals surface area contributed by atoms with Gasteiger partial charge in [0.2, 0.25) is 4.77 Å². The van der Waals surface area contributed by atoms with Gasteiger partial charge in [-0.2, -0.15) is 14.9 Å². The zero-order valence-corrected chi connectivity index (χ0v) is 12.6. The minimum absolute atomic E-state index is 0.307. The molecule has 0 saturated heterocycles. The second-order valence-corrected chi connectivity index (χ2v) is 5.19. The van der Waals surface area contributed by atoms with Crippen LogP contribution in [-0.4, -0.2) is 21.1 Å². The van der Waals surface area contributed by atoms with Crippen LogP contribution in [0.25, 0.3) is 11.4 Å². The van der Waals surface area contributed by atoms with Crippen molar-refractivity contribution in [2.75, 3.05) is 0 Å². The number of H-pyrrole nitrogens is 1. The Labute approximate surface area is 131 Å². The lowest BCUT2D eigenvalue weighted by molar-refractivity contribution is 0.628. The molecule has 0 unspecified atom stereocenters. The number of halogens is 1. The number of aryl methyl sites for hydroxylation is 1. The van der Waals surface area contributed by atoms with Crippen LogP contribution in [0.15, 0.2) is 53.6 Å². The van der Waals surface area contributed by atoms with Gasteiger partial charge in [-0.15, -0.1) is 0 Å². The molecule has 22 heavy (non-hydrogen) atoms. The molecule has 0 saturated carbocycles. The van der Waals surface area contributed by atoms with Gasteiger partial charge in [-0.05, 0) is 36.8 Å². The Hall–Kier alpha value is -2.60. The number of hydrogen-bond acceptors (Lipinski definition) is 3. The average molecular weight is 312 g/mol. The second-order valence-electron chi connectivity index (χ2n) is 4.80. The molecule has 1 N–H and O–H groups in total. The number of rotatable bonds is 3. The maximum Gasteiger partial charge on any atom is 0.216 e. The molecule has 0 aliphatic heterocycles. The van der Waals surface area contributed by atoms with Crippen molar-refractivity contribution in [2.24, 2.45) is 5.10 Å². The van der Waals surface area contributed by atoms with Gasteiger partial charge in [0.1, 0.15) is 5.82 Å². The number of hydrogen-bond donors (Lipinski definition) is 1. The molecule has 2 aromatic carbocycles. The van der Waals surface area contributed by atoms with Crippen molar-refractivity contribution in [1.82, 2.24) is 14.9 Å². The summed E-state index contributed by atoms with van der Waals surface area (Å²) in [6.07, 6.45) is 1.66. The Bertz CT molecular complexity index is 878. The van der Waals surface area contributed by atoms with Crippen LogP contribution in [0.3, 0.4) is 0 Å². The first-order chi connectivity index (χ1) is 10.6. The largest absolute Gasteiger partial charge is 0.250 e. The molecule has 0 aliphatic rings. The molecule has 3 rings (SSSR count). The smallest absolute Gasteiger partial charge is 0.216 e. The highest BCUT2D eigenvalue weighted by atomic mass is 32.1. The van der Waals surface area contributed by atoms with E-state index in [0.717, 1.165) is 5.56 Å². The Morgan fingerprint density at radius 3 is 2.64 bits per heavy atom. The average Bonchev–Trinajstić information content (AvgIpc) is 2.88. The molecule has 0 atom stereocenters. The maximum atomic E-state index is 13.9. The van der Waals surface area contributed by atoms with Crippen LogP contribution in [0, 0.1) is 17.5 Å². The standard InChI is InChI=1S/C16H13FN4S/c1-11-6-8-12(9-7-11)10-18-21-15(19-20-16(21)22)13-4-2-3-5-14(13)17/h2-10H,1H3,(H,20,22). The van der Waals surface area contributed by atoms with Crippen LogP contribution in [0.5, 0.6) is 0 Å². The lowest BCUT2D eigenvalue weighted by atomic mass is 10.2. The molecular formula is C16H13FN4S. The third-order valence-electron chi connectivity index (χ3n) is 3.16. The Morgan fingerprint density at radius 2 is 1.91 bits per heavy atom. The molecule has 0 amide bonds. The summed E-state index contributed by atoms with van der Waals surface area (Å²) < 4.78 is 15.6. The molecule has 110 valence electrons. The topological polar surface area (TPSA) is 46.0 Å². The Balaban J connectivity index is 2.02. The number of nitrogens with one attached hydrogen (secondary N) is 1. The Kier molecular flexibility index (Phi) is 3.93. The molecular weight excluding hydrogens is 299 g/mol. The third-order valence-corrected chi connectivity index (χ3v) is 3.43. The van der Waals surface area contributed by atoms with E-state index in [-0.39, 0.29) is 5.82 Å². The van der Waals surface area contributed by atoms with E-state index >= 15 is 0 Å². The zero-order chi connectivity index (χ0) is 15.5. The van der Waals surface area contributed by atoms with Crippen molar-refractivity contribution in [3.63, 3.8) is 0 Å². The van der Waals surface area contributed by atoms with E-state index in [1.807, 2.05) is 31.2 Å². The minimum Gasteiger partial charge on any atom is -0.250 e. The van der Waals surface area contributed by atoms with E-state index in [9.17, 15) is 4.39 Å². The van der Waals surface area contributed by atoms with Crippen LogP contribution in [0.4, 0.5) is 4.39 Å². The lowest BCUT2D eigenvalue weighted by Gasteiger charge is -2.02. The fourth-order valence-electron chi connectivity index (χ4n) is 1.99. The minimum atomic E-state index is -0.372. The molecule has 1 aromatic heterocycles. The Morgan fingerprint density at radius 1 is 1.18 bits per heavy atom. The number of aromatic nitrogens is 3. The fourth-order valence-corrected chi connectivity index (χ4v) is 2.17. The van der Waals surface area contributed by atoms with Crippen LogP contribution in [0.1, 0.15) is 11.1 Å². The number of aromatic amines is 1. The quantitative estimate of drug-likeness (QED) is 0.588. The highest BCUT2D eigenvalue weighted by Gasteiger charge is 2.12. The van der Waals surface area contributed by atoms with E-state index < -0.39 is 0 Å². The van der Waals surface area contributed by atoms with Gasteiger partial charge in [-0.3, -0.25) is 0 Å². The van der Waals surface area contributed by atoms with Gasteiger partial charge in [-0.25, -0.2) is 9.49 Å². The summed E-state index contributed by atoms with van der Waals surface area (Å²) in [4.78, 5) is 0. The molecule has 6 heteroatoms. The number of benzene rings is 2. The molecule has 3 aromatic rings. The zero-order valence-electron chi connectivity index (χ0n) is 11.8. The first-order valence-corrected chi connectivity index (χ1v) is 7.09. The van der Waals surface area contributed by atoms with Gasteiger partial charge >= 0.3 is 0 Å². The first-order valence-electron chi connectivity index (χ1n) is 6.68. The lowest BCUT2D eigenvalue weighted by Crippen LogP contribution is -1.96. The second kappa shape index (κ2) is 6.03. The van der Waals surface area contributed by atoms with Crippen LogP contribution < -0.4 is 0 Å². The highest BCUT2D eigenvalue weighted by Crippen LogP contribution is 2.20. The van der Waals surface area contributed by atoms with Gasteiger partial charge < -0.3 is 0 Å². The molecule has 0 bridgehead atoms. The van der Waals surface area contributed by atoms with Crippen molar-refractivity contribution in [3.8, 4) is 11.4 Å². The fraction of sp³-hybridized carbons (Fsp3) is 0.0625. The van der Waals surface area contributed by atoms with E-state index in [1.165, 1.54) is 16.3 Å². The predicted octanol–water partition coefficient (Wildman–Crippen LogP) is 3.94. The van der Waals surface area contributed by atoms with Crippen LogP contribution in [0.2, 0.25) is 0 Å². The summed E-state index contributed by atoms with van der Waals surface area (Å²) in [6.45, 7) is 2.02. The normalized spacial score (nSPS) is 11.2. The van der Waals surface area contributed by atoms with Gasteiger partial charge in [0.15, 0.2) is 5.82 Å². The molecule has 0 fully saturated rings. The summed E-state index contributed by atoms with van der Waals surface area (Å²) >= 11 is 5.16. The summed E-state index contributed by atoms with van der Waals surface area (Å²) in [5.74, 6) is -0.0326. The molecule has 0 spiro atoms. The van der Waals surface area contributed by atoms with Crippen molar-refractivity contribution in [1.29, 1.82) is 0 Å². The van der Waals surface area contributed by atoms with Gasteiger partial charge in [0.05, 0.1) is 11.8 Å². The van der Waals surface area contributed by atoms with Gasteiger partial charge in [-0.1, -0.05) is 42.0 Å². The van der Waals surface area contributed by atoms with Crippen molar-refractivity contribution in [2.45, 2.75) is 6.92 Å². The SMILES string of the molecule is Cc1ccc(C=Nn2c(-c3ccccc3F)n[nH]c2=S)cc1. The maximum absolute atomic E-state index is 13.9. The van der Waals surface area contributed by atoms with E-state index in [1.54, 1.807) is 24.4 Å². The first kappa shape index (κ1) is 14.3. The summed E-state index contributed by atoms with van der Waals surface area (Å²) in [5.41, 5.74) is 2.44. The molecule has 0 aliphatic carbocycles. The predicted molar refractivity (Wildman–Crippen MR) is 87.0 cm³/mol. The molecule has 0 radical (unpaired) electrons. The monoisotopic (exact) mass is 312 g/mol. The summed E-state index contributed by atoms with van der Waals surface area (Å²) in [6, 6.07) is 14.3. The van der Waals surface area contributed by atoms with Gasteiger partial charge in [0, 0.05) is 0 Å².